The fourth-order valence-corrected chi connectivity index (χ4v) is 6.85. The number of imide groups is 2. The lowest BCUT2D eigenvalue weighted by molar-refractivity contribution is 0.0583. The molecule has 0 aromatic heterocycles. The SMILES string of the molecule is CCCCCCCCN1C(=O)c2cc(C(C)(C)C)c3c4c(c(C(C)(C)C)cc(c24)C1=O)C(=O)N(CCCCCCCC)C3=O. The molecule has 240 valence electrons. The van der Waals surface area contributed by atoms with Crippen molar-refractivity contribution in [2.24, 2.45) is 0 Å². The van der Waals surface area contributed by atoms with Gasteiger partial charge < -0.3 is 0 Å². The molecule has 44 heavy (non-hydrogen) atoms. The van der Waals surface area contributed by atoms with Crippen molar-refractivity contribution < 1.29 is 19.2 Å². The van der Waals surface area contributed by atoms with E-state index in [2.05, 4.69) is 13.8 Å². The Morgan fingerprint density at radius 2 is 0.818 bits per heavy atom. The van der Waals surface area contributed by atoms with Gasteiger partial charge in [-0.3, -0.25) is 29.0 Å². The van der Waals surface area contributed by atoms with E-state index in [0.29, 0.717) is 46.1 Å². The van der Waals surface area contributed by atoms with Crippen molar-refractivity contribution >= 4 is 34.4 Å². The summed E-state index contributed by atoms with van der Waals surface area (Å²) in [5.41, 5.74) is 2.40. The third-order valence-electron chi connectivity index (χ3n) is 9.36. The highest BCUT2D eigenvalue weighted by Crippen LogP contribution is 2.46. The highest BCUT2D eigenvalue weighted by molar-refractivity contribution is 6.34. The molecule has 0 bridgehead atoms. The van der Waals surface area contributed by atoms with Crippen molar-refractivity contribution in [2.45, 2.75) is 143 Å². The molecule has 2 heterocycles. The molecule has 4 rings (SSSR count). The van der Waals surface area contributed by atoms with E-state index in [4.69, 9.17) is 0 Å². The quantitative estimate of drug-likeness (QED) is 0.159. The summed E-state index contributed by atoms with van der Waals surface area (Å²) >= 11 is 0. The van der Waals surface area contributed by atoms with Gasteiger partial charge in [0.05, 0.1) is 11.1 Å². The van der Waals surface area contributed by atoms with E-state index in [-0.39, 0.29) is 23.6 Å². The zero-order chi connectivity index (χ0) is 32.4. The average molecular weight is 603 g/mol. The van der Waals surface area contributed by atoms with E-state index < -0.39 is 10.8 Å². The van der Waals surface area contributed by atoms with Gasteiger partial charge in [0, 0.05) is 35.0 Å². The maximum Gasteiger partial charge on any atom is 0.261 e. The van der Waals surface area contributed by atoms with Crippen molar-refractivity contribution in [3.8, 4) is 0 Å². The van der Waals surface area contributed by atoms with Crippen molar-refractivity contribution in [3.05, 3.63) is 45.5 Å². The van der Waals surface area contributed by atoms with Crippen LogP contribution in [0.4, 0.5) is 0 Å². The smallest absolute Gasteiger partial charge is 0.261 e. The Balaban J connectivity index is 1.86. The maximum absolute atomic E-state index is 14.3. The zero-order valence-corrected chi connectivity index (χ0v) is 28.6. The van der Waals surface area contributed by atoms with Crippen LogP contribution in [0.15, 0.2) is 12.1 Å². The Labute approximate surface area is 264 Å². The number of nitrogens with zero attached hydrogens (tertiary/aromatic N) is 2. The van der Waals surface area contributed by atoms with Gasteiger partial charge in [-0.15, -0.1) is 0 Å². The van der Waals surface area contributed by atoms with Gasteiger partial charge in [-0.25, -0.2) is 0 Å². The summed E-state index contributed by atoms with van der Waals surface area (Å²) in [6.07, 6.45) is 12.7. The van der Waals surface area contributed by atoms with Crippen LogP contribution in [0, 0.1) is 0 Å². The predicted octanol–water partition coefficient (Wildman–Crippen LogP) is 9.35. The third kappa shape index (κ3) is 6.50. The van der Waals surface area contributed by atoms with Gasteiger partial charge in [-0.1, -0.05) is 120 Å². The summed E-state index contributed by atoms with van der Waals surface area (Å²) in [6.45, 7) is 17.4. The van der Waals surface area contributed by atoms with E-state index in [1.807, 2.05) is 53.7 Å². The first-order valence-corrected chi connectivity index (χ1v) is 17.2. The van der Waals surface area contributed by atoms with Crippen molar-refractivity contribution in [2.75, 3.05) is 13.1 Å². The van der Waals surface area contributed by atoms with E-state index in [9.17, 15) is 19.2 Å². The fourth-order valence-electron chi connectivity index (χ4n) is 6.85. The second-order valence-electron chi connectivity index (χ2n) is 15.0. The molecule has 0 radical (unpaired) electrons. The molecule has 2 aliphatic heterocycles. The topological polar surface area (TPSA) is 74.8 Å². The number of amides is 4. The maximum atomic E-state index is 14.3. The Morgan fingerprint density at radius 1 is 0.477 bits per heavy atom. The van der Waals surface area contributed by atoms with Crippen molar-refractivity contribution in [1.82, 2.24) is 9.80 Å². The number of carbonyl (C=O) groups excluding carboxylic acids is 4. The van der Waals surface area contributed by atoms with Gasteiger partial charge in [0.1, 0.15) is 0 Å². The summed E-state index contributed by atoms with van der Waals surface area (Å²) in [5, 5.41) is 0.982. The molecule has 6 heteroatoms. The van der Waals surface area contributed by atoms with E-state index in [0.717, 1.165) is 62.5 Å². The van der Waals surface area contributed by atoms with Crippen molar-refractivity contribution in [1.29, 1.82) is 0 Å². The monoisotopic (exact) mass is 602 g/mol. The molecule has 2 aromatic carbocycles. The summed E-state index contributed by atoms with van der Waals surface area (Å²) < 4.78 is 0. The normalized spacial score (nSPS) is 15.3. The van der Waals surface area contributed by atoms with Crippen LogP contribution in [-0.4, -0.2) is 46.5 Å². The van der Waals surface area contributed by atoms with E-state index in [1.54, 1.807) is 0 Å². The number of hydrogen-bond acceptors (Lipinski definition) is 4. The standard InChI is InChI=1S/C38H54N2O4/c1-9-11-13-15-17-19-21-39-33(41)25-23-27(37(3,4)5)30-32-29(25)26(34(39)42)24-28(38(6,7)8)31(32)36(44)40(35(30)43)22-20-18-16-14-12-10-2/h23-24H,9-22H2,1-8H3. The average Bonchev–Trinajstić information content (AvgIpc) is 2.95. The van der Waals surface area contributed by atoms with E-state index >= 15 is 0 Å². The third-order valence-corrected chi connectivity index (χ3v) is 9.36. The molecule has 0 atom stereocenters. The summed E-state index contributed by atoms with van der Waals surface area (Å²) in [7, 11) is 0. The zero-order valence-electron chi connectivity index (χ0n) is 28.6. The van der Waals surface area contributed by atoms with Gasteiger partial charge in [-0.05, 0) is 46.9 Å². The Morgan fingerprint density at radius 3 is 1.18 bits per heavy atom. The molecule has 0 aliphatic carbocycles. The minimum atomic E-state index is -0.469. The van der Waals surface area contributed by atoms with Crippen molar-refractivity contribution in [3.63, 3.8) is 0 Å². The number of rotatable bonds is 14. The van der Waals surface area contributed by atoms with Gasteiger partial charge in [0.2, 0.25) is 0 Å². The number of carbonyl (C=O) groups is 4. The van der Waals surface area contributed by atoms with Crippen LogP contribution in [0.25, 0.3) is 10.8 Å². The second kappa shape index (κ2) is 13.5. The molecule has 0 spiro atoms. The fraction of sp³-hybridized carbons (Fsp3) is 0.632. The molecule has 2 aromatic rings. The molecule has 0 N–H and O–H groups in total. The molecule has 6 nitrogen and oxygen atoms in total. The van der Waals surface area contributed by atoms with Crippen LogP contribution in [0.3, 0.4) is 0 Å². The molecular formula is C38H54N2O4. The Bertz CT molecular complexity index is 1350. The van der Waals surface area contributed by atoms with Gasteiger partial charge in [0.25, 0.3) is 23.6 Å². The van der Waals surface area contributed by atoms with Gasteiger partial charge in [-0.2, -0.15) is 0 Å². The summed E-state index contributed by atoms with van der Waals surface area (Å²) in [4.78, 5) is 59.7. The van der Waals surface area contributed by atoms with Crippen LogP contribution in [0.5, 0.6) is 0 Å². The highest BCUT2D eigenvalue weighted by Gasteiger charge is 2.44. The first kappa shape index (κ1) is 33.9. The number of unbranched alkanes of at least 4 members (excludes halogenated alkanes) is 10. The van der Waals surface area contributed by atoms with Crippen LogP contribution < -0.4 is 0 Å². The highest BCUT2D eigenvalue weighted by atomic mass is 16.2. The second-order valence-corrected chi connectivity index (χ2v) is 15.0. The van der Waals surface area contributed by atoms with Crippen LogP contribution in [0.2, 0.25) is 0 Å². The minimum absolute atomic E-state index is 0.307. The lowest BCUT2D eigenvalue weighted by Gasteiger charge is -2.38. The first-order valence-electron chi connectivity index (χ1n) is 17.2. The predicted molar refractivity (Wildman–Crippen MR) is 179 cm³/mol. The number of benzene rings is 2. The lowest BCUT2D eigenvalue weighted by atomic mass is 9.72. The van der Waals surface area contributed by atoms with Crippen LogP contribution in [0.1, 0.15) is 185 Å². The van der Waals surface area contributed by atoms with E-state index in [1.165, 1.54) is 35.5 Å². The molecule has 0 saturated carbocycles. The molecule has 0 unspecified atom stereocenters. The van der Waals surface area contributed by atoms with Gasteiger partial charge in [0.15, 0.2) is 0 Å². The lowest BCUT2D eigenvalue weighted by Crippen LogP contribution is -2.46. The minimum Gasteiger partial charge on any atom is -0.274 e. The summed E-state index contributed by atoms with van der Waals surface area (Å²) in [5.74, 6) is -1.26. The largest absolute Gasteiger partial charge is 0.274 e. The van der Waals surface area contributed by atoms with Gasteiger partial charge >= 0.3 is 0 Å². The first-order chi connectivity index (χ1) is 20.8. The molecule has 0 saturated heterocycles. The van der Waals surface area contributed by atoms with Crippen LogP contribution >= 0.6 is 0 Å². The summed E-state index contributed by atoms with van der Waals surface area (Å²) in [6, 6.07) is 3.70. The molecule has 0 fully saturated rings. The molecule has 2 aliphatic rings. The molecule has 4 amide bonds. The number of hydrogen-bond donors (Lipinski definition) is 0. The Hall–Kier alpha value is -3.02. The Kier molecular flexibility index (Phi) is 10.4. The van der Waals surface area contributed by atoms with Crippen LogP contribution in [-0.2, 0) is 10.8 Å². The molecular weight excluding hydrogens is 548 g/mol.